The van der Waals surface area contributed by atoms with Gasteiger partial charge in [0.25, 0.3) is 0 Å². The zero-order valence-corrected chi connectivity index (χ0v) is 16.8. The quantitative estimate of drug-likeness (QED) is 0.543. The summed E-state index contributed by atoms with van der Waals surface area (Å²) in [6, 6.07) is 9.14. The molecule has 27 heavy (non-hydrogen) atoms. The van der Waals surface area contributed by atoms with Crippen LogP contribution in [0.2, 0.25) is 0 Å². The lowest BCUT2D eigenvalue weighted by Crippen LogP contribution is -2.41. The maximum atomic E-state index is 12.9. The van der Waals surface area contributed by atoms with E-state index in [-0.39, 0.29) is 23.8 Å². The van der Waals surface area contributed by atoms with E-state index < -0.39 is 22.0 Å². The minimum absolute atomic E-state index is 0.151. The number of carbonyl (C=O) groups is 2. The van der Waals surface area contributed by atoms with E-state index in [0.29, 0.717) is 17.7 Å². The summed E-state index contributed by atoms with van der Waals surface area (Å²) in [4.78, 5) is 26.2. The molecule has 0 radical (unpaired) electrons. The molecule has 0 unspecified atom stereocenters. The van der Waals surface area contributed by atoms with E-state index in [1.54, 1.807) is 18.2 Å². The molecule has 1 fully saturated rings. The molecule has 144 valence electrons. The van der Waals surface area contributed by atoms with Crippen LogP contribution >= 0.6 is 11.3 Å². The van der Waals surface area contributed by atoms with Gasteiger partial charge in [-0.1, -0.05) is 17.7 Å². The van der Waals surface area contributed by atoms with Crippen molar-refractivity contribution in [2.45, 2.75) is 37.6 Å². The van der Waals surface area contributed by atoms with Crippen LogP contribution in [0.25, 0.3) is 0 Å². The second kappa shape index (κ2) is 7.92. The van der Waals surface area contributed by atoms with Gasteiger partial charge in [-0.25, -0.2) is 8.42 Å². The van der Waals surface area contributed by atoms with Crippen LogP contribution in [0.15, 0.2) is 41.3 Å². The number of esters is 1. The van der Waals surface area contributed by atoms with Crippen molar-refractivity contribution in [3.05, 3.63) is 51.7 Å². The topological polar surface area (TPSA) is 80.8 Å². The normalized spacial score (nSPS) is 17.8. The van der Waals surface area contributed by atoms with Gasteiger partial charge in [-0.2, -0.15) is 4.31 Å². The highest BCUT2D eigenvalue weighted by Crippen LogP contribution is 2.27. The van der Waals surface area contributed by atoms with Crippen LogP contribution in [0, 0.1) is 13.8 Å². The fourth-order valence-corrected chi connectivity index (χ4v) is 5.44. The lowest BCUT2D eigenvalue weighted by Gasteiger charge is -2.22. The summed E-state index contributed by atoms with van der Waals surface area (Å²) in [6.07, 6.45) is 0.957. The van der Waals surface area contributed by atoms with E-state index >= 15 is 0 Å². The molecule has 0 amide bonds. The van der Waals surface area contributed by atoms with Crippen molar-refractivity contribution >= 4 is 33.1 Å². The molecule has 1 aromatic carbocycles. The lowest BCUT2D eigenvalue weighted by molar-refractivity contribution is -0.146. The van der Waals surface area contributed by atoms with Gasteiger partial charge in [0.1, 0.15) is 6.04 Å². The van der Waals surface area contributed by atoms with Crippen molar-refractivity contribution < 1.29 is 22.7 Å². The van der Waals surface area contributed by atoms with E-state index in [0.717, 1.165) is 10.4 Å². The van der Waals surface area contributed by atoms with Crippen LogP contribution in [0.1, 0.15) is 33.0 Å². The maximum absolute atomic E-state index is 12.9. The fourth-order valence-electron chi connectivity index (χ4n) is 3.00. The molecule has 3 rings (SSSR count). The van der Waals surface area contributed by atoms with Crippen molar-refractivity contribution in [2.75, 3.05) is 13.2 Å². The molecule has 0 saturated carbocycles. The number of carbonyl (C=O) groups excluding carboxylic acids is 2. The van der Waals surface area contributed by atoms with Gasteiger partial charge in [0, 0.05) is 11.4 Å². The summed E-state index contributed by atoms with van der Waals surface area (Å²) in [6.45, 7) is 3.64. The van der Waals surface area contributed by atoms with Gasteiger partial charge >= 0.3 is 5.97 Å². The van der Waals surface area contributed by atoms with Crippen LogP contribution in [-0.2, 0) is 19.6 Å². The van der Waals surface area contributed by atoms with Crippen molar-refractivity contribution in [3.8, 4) is 0 Å². The third-order valence-corrected chi connectivity index (χ3v) is 7.43. The van der Waals surface area contributed by atoms with Gasteiger partial charge in [0.15, 0.2) is 6.61 Å². The summed E-state index contributed by atoms with van der Waals surface area (Å²) in [7, 11) is -3.79. The minimum Gasteiger partial charge on any atom is -0.456 e. The average Bonchev–Trinajstić information content (AvgIpc) is 3.29. The molecule has 0 bridgehead atoms. The fraction of sp³-hybridized carbons (Fsp3) is 0.368. The van der Waals surface area contributed by atoms with Crippen LogP contribution in [0.3, 0.4) is 0 Å². The van der Waals surface area contributed by atoms with Gasteiger partial charge in [0.2, 0.25) is 15.8 Å². The Labute approximate surface area is 162 Å². The number of rotatable bonds is 6. The molecule has 1 aromatic heterocycles. The molecule has 0 aliphatic carbocycles. The number of Topliss-reactive ketones (excluding diaryl/α,β-unsaturated/α-hetero) is 1. The Hall–Kier alpha value is -2.03. The van der Waals surface area contributed by atoms with E-state index in [4.69, 9.17) is 4.74 Å². The molecule has 2 heterocycles. The standard InChI is InChI=1S/C19H21NO5S2/c1-13-5-8-15(9-6-13)27(23,24)20-11-3-4-16(20)19(22)25-12-17(21)18-10-7-14(2)26-18/h5-10,16H,3-4,11-12H2,1-2H3/t16-/m0/s1. The van der Waals surface area contributed by atoms with Gasteiger partial charge in [-0.05, 0) is 51.0 Å². The maximum Gasteiger partial charge on any atom is 0.324 e. The van der Waals surface area contributed by atoms with Crippen LogP contribution in [0.5, 0.6) is 0 Å². The molecule has 6 nitrogen and oxygen atoms in total. The number of hydrogen-bond acceptors (Lipinski definition) is 6. The third-order valence-electron chi connectivity index (χ3n) is 4.46. The summed E-state index contributed by atoms with van der Waals surface area (Å²) >= 11 is 1.34. The molecular formula is C19H21NO5S2. The first-order valence-corrected chi connectivity index (χ1v) is 10.9. The summed E-state index contributed by atoms with van der Waals surface area (Å²) in [5, 5.41) is 0. The second-order valence-corrected chi connectivity index (χ2v) is 9.71. The monoisotopic (exact) mass is 407 g/mol. The zero-order chi connectivity index (χ0) is 19.6. The number of thiophene rings is 1. The van der Waals surface area contributed by atoms with Gasteiger partial charge in [-0.3, -0.25) is 9.59 Å². The molecule has 0 spiro atoms. The molecule has 8 heteroatoms. The van der Waals surface area contributed by atoms with Crippen LogP contribution in [-0.4, -0.2) is 43.7 Å². The number of ether oxygens (including phenoxy) is 1. The molecule has 1 aliphatic heterocycles. The molecular weight excluding hydrogens is 386 g/mol. The Balaban J connectivity index is 1.69. The molecule has 1 atom stereocenters. The predicted octanol–water partition coefficient (Wildman–Crippen LogP) is 2.94. The van der Waals surface area contributed by atoms with Crippen molar-refractivity contribution in [2.24, 2.45) is 0 Å². The molecule has 0 N–H and O–H groups in total. The Morgan fingerprint density at radius 1 is 1.15 bits per heavy atom. The smallest absolute Gasteiger partial charge is 0.324 e. The number of ketones is 1. The summed E-state index contributed by atoms with van der Waals surface area (Å²) in [5.41, 5.74) is 0.952. The van der Waals surface area contributed by atoms with Gasteiger partial charge < -0.3 is 4.74 Å². The number of sulfonamides is 1. The Bertz CT molecular complexity index is 947. The zero-order valence-electron chi connectivity index (χ0n) is 15.2. The SMILES string of the molecule is Cc1ccc(S(=O)(=O)N2CCC[C@H]2C(=O)OCC(=O)c2ccc(C)s2)cc1. The van der Waals surface area contributed by atoms with Gasteiger partial charge in [0.05, 0.1) is 9.77 Å². The first-order chi connectivity index (χ1) is 12.8. The highest BCUT2D eigenvalue weighted by atomic mass is 32.2. The molecule has 2 aromatic rings. The third kappa shape index (κ3) is 4.28. The Morgan fingerprint density at radius 2 is 1.85 bits per heavy atom. The first kappa shape index (κ1) is 19.7. The summed E-state index contributed by atoms with van der Waals surface area (Å²) in [5.74, 6) is -0.961. The minimum atomic E-state index is -3.79. The molecule has 1 aliphatic rings. The highest BCUT2D eigenvalue weighted by Gasteiger charge is 2.40. The van der Waals surface area contributed by atoms with E-state index in [1.165, 1.54) is 27.8 Å². The number of nitrogens with zero attached hydrogens (tertiary/aromatic N) is 1. The van der Waals surface area contributed by atoms with Gasteiger partial charge in [-0.15, -0.1) is 11.3 Å². The average molecular weight is 408 g/mol. The Morgan fingerprint density at radius 3 is 2.48 bits per heavy atom. The lowest BCUT2D eigenvalue weighted by atomic mass is 10.2. The van der Waals surface area contributed by atoms with Crippen molar-refractivity contribution in [1.29, 1.82) is 0 Å². The Kier molecular flexibility index (Phi) is 5.78. The van der Waals surface area contributed by atoms with Crippen molar-refractivity contribution in [3.63, 3.8) is 0 Å². The largest absolute Gasteiger partial charge is 0.456 e. The van der Waals surface area contributed by atoms with Crippen LogP contribution in [0.4, 0.5) is 0 Å². The van der Waals surface area contributed by atoms with Crippen molar-refractivity contribution in [1.82, 2.24) is 4.31 Å². The van der Waals surface area contributed by atoms with E-state index in [1.807, 2.05) is 19.9 Å². The number of benzene rings is 1. The number of aryl methyl sites for hydroxylation is 2. The van der Waals surface area contributed by atoms with E-state index in [2.05, 4.69) is 0 Å². The van der Waals surface area contributed by atoms with Crippen LogP contribution < -0.4 is 0 Å². The van der Waals surface area contributed by atoms with E-state index in [9.17, 15) is 18.0 Å². The highest BCUT2D eigenvalue weighted by molar-refractivity contribution is 7.89. The second-order valence-electron chi connectivity index (χ2n) is 6.53. The summed E-state index contributed by atoms with van der Waals surface area (Å²) < 4.78 is 32.1. The predicted molar refractivity (Wildman–Crippen MR) is 102 cm³/mol. The molecule has 1 saturated heterocycles. The first-order valence-electron chi connectivity index (χ1n) is 8.64. The number of hydrogen-bond donors (Lipinski definition) is 0.